The second-order valence-electron chi connectivity index (χ2n) is 11.8. The van der Waals surface area contributed by atoms with Crippen LogP contribution in [0.5, 0.6) is 0 Å². The van der Waals surface area contributed by atoms with E-state index in [0.717, 1.165) is 21.2 Å². The van der Waals surface area contributed by atoms with E-state index in [1.165, 1.54) is 0 Å². The molecule has 230 valence electrons. The van der Waals surface area contributed by atoms with Crippen LogP contribution >= 0.6 is 16.3 Å². The first-order chi connectivity index (χ1) is 21.3. The molecular weight excluding hydrogens is 590 g/mol. The molecule has 2 aliphatic heterocycles. The van der Waals surface area contributed by atoms with Crippen LogP contribution in [0.4, 0.5) is 0 Å². The van der Waals surface area contributed by atoms with Gasteiger partial charge in [0.05, 0.1) is 29.5 Å². The third kappa shape index (κ3) is 7.65. The summed E-state index contributed by atoms with van der Waals surface area (Å²) < 4.78 is 40.1. The van der Waals surface area contributed by atoms with Gasteiger partial charge >= 0.3 is 0 Å². The second kappa shape index (κ2) is 13.9. The van der Waals surface area contributed by atoms with E-state index in [-0.39, 0.29) is 0 Å². The Labute approximate surface area is 263 Å². The van der Waals surface area contributed by atoms with Crippen molar-refractivity contribution in [3.63, 3.8) is 0 Å². The predicted octanol–water partition coefficient (Wildman–Crippen LogP) is 6.16. The smallest absolute Gasteiger partial charge is 0.163 e. The molecule has 6 rings (SSSR count). The quantitative estimate of drug-likeness (QED) is 0.185. The first-order valence-corrected chi connectivity index (χ1v) is 17.6. The van der Waals surface area contributed by atoms with Crippen molar-refractivity contribution in [2.24, 2.45) is 0 Å². The summed E-state index contributed by atoms with van der Waals surface area (Å²) in [6.45, 7) is 8.50. The Hall–Kier alpha value is -2.50. The van der Waals surface area contributed by atoms with E-state index < -0.39 is 52.3 Å². The van der Waals surface area contributed by atoms with E-state index in [4.69, 9.17) is 28.0 Å². The maximum atomic E-state index is 7.32. The minimum Gasteiger partial charge on any atom is -0.348 e. The van der Waals surface area contributed by atoms with Gasteiger partial charge in [-0.25, -0.2) is 0 Å². The zero-order chi connectivity index (χ0) is 30.6. The average molecular weight is 631 g/mol. The van der Waals surface area contributed by atoms with Gasteiger partial charge in [-0.15, -0.1) is 0 Å². The fourth-order valence-corrected chi connectivity index (χ4v) is 9.33. The van der Waals surface area contributed by atoms with Crippen molar-refractivity contribution in [3.05, 3.63) is 121 Å². The molecule has 0 N–H and O–H groups in total. The van der Waals surface area contributed by atoms with E-state index >= 15 is 0 Å². The average Bonchev–Trinajstić information content (AvgIpc) is 3.60. The Bertz CT molecular complexity index is 1260. The standard InChI is InChI=1S/C36H40O6P2/c1-35(2)37-25-31(39-35)33(41-43(27-17-9-5-10-18-27)28-19-11-6-12-20-28)34(32-26-38-36(3,4)40-32)42-44(29-21-13-7-14-22-29)30-23-15-8-16-24-30/h5-24,31-34H,25-26H2,1-4H3/t31-,32+,33+,34-. The minimum atomic E-state index is -1.25. The first kappa shape index (κ1) is 31.5. The van der Waals surface area contributed by atoms with Crippen molar-refractivity contribution >= 4 is 37.5 Å². The lowest BCUT2D eigenvalue weighted by Gasteiger charge is -2.38. The summed E-state index contributed by atoms with van der Waals surface area (Å²) >= 11 is 0. The molecule has 0 radical (unpaired) electrons. The van der Waals surface area contributed by atoms with Crippen LogP contribution in [0.1, 0.15) is 27.7 Å². The Morgan fingerprint density at radius 3 is 1.00 bits per heavy atom. The summed E-state index contributed by atoms with van der Waals surface area (Å²) in [4.78, 5) is 0. The molecule has 6 nitrogen and oxygen atoms in total. The fraction of sp³-hybridized carbons (Fsp3) is 0.333. The van der Waals surface area contributed by atoms with Crippen LogP contribution in [0.15, 0.2) is 121 Å². The van der Waals surface area contributed by atoms with Gasteiger partial charge in [-0.2, -0.15) is 0 Å². The van der Waals surface area contributed by atoms with Crippen molar-refractivity contribution in [2.45, 2.75) is 63.7 Å². The molecule has 4 aromatic carbocycles. The predicted molar refractivity (Wildman–Crippen MR) is 178 cm³/mol. The molecule has 8 heteroatoms. The molecule has 2 saturated heterocycles. The van der Waals surface area contributed by atoms with Crippen molar-refractivity contribution in [3.8, 4) is 0 Å². The maximum Gasteiger partial charge on any atom is 0.163 e. The van der Waals surface area contributed by atoms with Gasteiger partial charge in [-0.3, -0.25) is 0 Å². The summed E-state index contributed by atoms with van der Waals surface area (Å²) in [6.07, 6.45) is -1.88. The maximum absolute atomic E-state index is 7.32. The van der Waals surface area contributed by atoms with Crippen LogP contribution in [0.25, 0.3) is 0 Å². The Morgan fingerprint density at radius 2 is 0.773 bits per heavy atom. The molecule has 0 amide bonds. The molecule has 44 heavy (non-hydrogen) atoms. The van der Waals surface area contributed by atoms with Crippen LogP contribution in [-0.4, -0.2) is 49.2 Å². The number of ether oxygens (including phenoxy) is 4. The molecule has 0 spiro atoms. The highest BCUT2D eigenvalue weighted by molar-refractivity contribution is 7.69. The fourth-order valence-electron chi connectivity index (χ4n) is 5.47. The van der Waals surface area contributed by atoms with E-state index in [0.29, 0.717) is 13.2 Å². The molecule has 0 saturated carbocycles. The highest BCUT2D eigenvalue weighted by atomic mass is 31.1. The molecule has 2 heterocycles. The summed E-state index contributed by atoms with van der Waals surface area (Å²) in [7, 11) is -2.49. The lowest BCUT2D eigenvalue weighted by Crippen LogP contribution is -2.50. The van der Waals surface area contributed by atoms with Gasteiger partial charge in [0, 0.05) is 21.2 Å². The van der Waals surface area contributed by atoms with Crippen molar-refractivity contribution in [1.29, 1.82) is 0 Å². The van der Waals surface area contributed by atoms with Gasteiger partial charge < -0.3 is 28.0 Å². The molecule has 0 unspecified atom stereocenters. The van der Waals surface area contributed by atoms with Crippen LogP contribution in [0.2, 0.25) is 0 Å². The molecule has 0 aromatic heterocycles. The third-order valence-electron chi connectivity index (χ3n) is 7.53. The van der Waals surface area contributed by atoms with Crippen LogP contribution in [0.3, 0.4) is 0 Å². The van der Waals surface area contributed by atoms with Crippen molar-refractivity contribution in [1.82, 2.24) is 0 Å². The normalized spacial score (nSPS) is 22.3. The highest BCUT2D eigenvalue weighted by Gasteiger charge is 2.50. The summed E-state index contributed by atoms with van der Waals surface area (Å²) in [5, 5.41) is 4.42. The summed E-state index contributed by atoms with van der Waals surface area (Å²) in [5.74, 6) is -1.51. The summed E-state index contributed by atoms with van der Waals surface area (Å²) in [5.41, 5.74) is 0. The molecule has 0 aliphatic carbocycles. The van der Waals surface area contributed by atoms with E-state index in [2.05, 4.69) is 97.1 Å². The highest BCUT2D eigenvalue weighted by Crippen LogP contribution is 2.46. The number of benzene rings is 4. The molecule has 4 aromatic rings. The second-order valence-corrected chi connectivity index (χ2v) is 15.5. The number of rotatable bonds is 11. The van der Waals surface area contributed by atoms with Gasteiger partial charge in [0.2, 0.25) is 0 Å². The molecule has 0 bridgehead atoms. The Balaban J connectivity index is 1.45. The molecule has 2 fully saturated rings. The zero-order valence-corrected chi connectivity index (χ0v) is 27.4. The van der Waals surface area contributed by atoms with E-state index in [1.807, 2.05) is 52.0 Å². The lowest BCUT2D eigenvalue weighted by atomic mass is 10.0. The number of hydrogen-bond donors (Lipinski definition) is 0. The van der Waals surface area contributed by atoms with Crippen molar-refractivity contribution < 1.29 is 28.0 Å². The van der Waals surface area contributed by atoms with Gasteiger partial charge in [-0.05, 0) is 27.7 Å². The van der Waals surface area contributed by atoms with Gasteiger partial charge in [0.15, 0.2) is 11.6 Å². The summed E-state index contributed by atoms with van der Waals surface area (Å²) in [6, 6.07) is 41.6. The van der Waals surface area contributed by atoms with E-state index in [1.54, 1.807) is 0 Å². The monoisotopic (exact) mass is 630 g/mol. The molecular formula is C36H40O6P2. The Kier molecular flexibility index (Phi) is 9.92. The lowest BCUT2D eigenvalue weighted by molar-refractivity contribution is -0.174. The van der Waals surface area contributed by atoms with Crippen LogP contribution in [-0.2, 0) is 28.0 Å². The van der Waals surface area contributed by atoms with Crippen LogP contribution < -0.4 is 21.2 Å². The van der Waals surface area contributed by atoms with Crippen LogP contribution in [0, 0.1) is 0 Å². The third-order valence-corrected chi connectivity index (χ3v) is 11.5. The minimum absolute atomic E-state index is 0.371. The van der Waals surface area contributed by atoms with Crippen molar-refractivity contribution in [2.75, 3.05) is 13.2 Å². The first-order valence-electron chi connectivity index (χ1n) is 15.1. The Morgan fingerprint density at radius 1 is 0.500 bits per heavy atom. The van der Waals surface area contributed by atoms with E-state index in [9.17, 15) is 0 Å². The van der Waals surface area contributed by atoms with Gasteiger partial charge in [0.1, 0.15) is 24.4 Å². The molecule has 2 aliphatic rings. The zero-order valence-electron chi connectivity index (χ0n) is 25.6. The van der Waals surface area contributed by atoms with Gasteiger partial charge in [-0.1, -0.05) is 121 Å². The largest absolute Gasteiger partial charge is 0.348 e. The SMILES string of the molecule is CC1(C)OC[C@@H]([C@@H](OP(c2ccccc2)c2ccccc2)[C@@H](OP(c2ccccc2)c2ccccc2)[C@H]2COC(C)(C)O2)O1. The topological polar surface area (TPSA) is 55.4 Å². The number of hydrogen-bond acceptors (Lipinski definition) is 6. The molecule has 4 atom stereocenters. The van der Waals surface area contributed by atoms with Gasteiger partial charge in [0.25, 0.3) is 0 Å².